The summed E-state index contributed by atoms with van der Waals surface area (Å²) >= 11 is 5.30. The summed E-state index contributed by atoms with van der Waals surface area (Å²) in [6.45, 7) is 4.72. The fraction of sp³-hybridized carbons (Fsp3) is 0.333. The Morgan fingerprint density at radius 2 is 2.10 bits per heavy atom. The van der Waals surface area contributed by atoms with E-state index < -0.39 is 0 Å². The highest BCUT2D eigenvalue weighted by atomic mass is 79.9. The van der Waals surface area contributed by atoms with E-state index in [1.807, 2.05) is 25.1 Å². The van der Waals surface area contributed by atoms with Crippen LogP contribution in [0.4, 0.5) is 5.69 Å². The van der Waals surface area contributed by atoms with Gasteiger partial charge in [0.15, 0.2) is 11.5 Å². The van der Waals surface area contributed by atoms with Gasteiger partial charge >= 0.3 is 0 Å². The van der Waals surface area contributed by atoms with Crippen molar-refractivity contribution in [3.63, 3.8) is 0 Å². The van der Waals surface area contributed by atoms with E-state index in [1.165, 1.54) is 4.88 Å². The molecule has 0 radical (unpaired) electrons. The molecule has 0 spiro atoms. The summed E-state index contributed by atoms with van der Waals surface area (Å²) in [5, 5.41) is 5.56. The summed E-state index contributed by atoms with van der Waals surface area (Å²) in [6, 6.07) is 8.19. The molecule has 20 heavy (non-hydrogen) atoms. The Balaban J connectivity index is 2.17. The number of ether oxygens (including phenoxy) is 2. The first-order valence-electron chi connectivity index (χ1n) is 6.46. The summed E-state index contributed by atoms with van der Waals surface area (Å²) < 4.78 is 12.0. The standard InChI is InChI=1S/C15H18BrNO2S/c1-4-19-14-9-11(5-6-13(14)18-3)17-10(2)15-12(16)7-8-20-15/h5-10,17H,4H2,1-3H3. The molecular weight excluding hydrogens is 338 g/mol. The maximum Gasteiger partial charge on any atom is 0.163 e. The summed E-state index contributed by atoms with van der Waals surface area (Å²) in [5.74, 6) is 1.51. The van der Waals surface area contributed by atoms with Crippen LogP contribution in [0.15, 0.2) is 34.1 Å². The van der Waals surface area contributed by atoms with Crippen LogP contribution in [0.25, 0.3) is 0 Å². The van der Waals surface area contributed by atoms with Crippen molar-refractivity contribution in [2.75, 3.05) is 19.0 Å². The minimum atomic E-state index is 0.229. The lowest BCUT2D eigenvalue weighted by Crippen LogP contribution is -2.06. The molecule has 1 atom stereocenters. The van der Waals surface area contributed by atoms with E-state index in [1.54, 1.807) is 18.4 Å². The van der Waals surface area contributed by atoms with Gasteiger partial charge in [0, 0.05) is 21.1 Å². The fourth-order valence-corrected chi connectivity index (χ4v) is 3.69. The number of rotatable bonds is 6. The van der Waals surface area contributed by atoms with Crippen LogP contribution in [-0.4, -0.2) is 13.7 Å². The van der Waals surface area contributed by atoms with Gasteiger partial charge in [-0.3, -0.25) is 0 Å². The van der Waals surface area contributed by atoms with Crippen LogP contribution < -0.4 is 14.8 Å². The van der Waals surface area contributed by atoms with Gasteiger partial charge < -0.3 is 14.8 Å². The number of anilines is 1. The minimum Gasteiger partial charge on any atom is -0.493 e. The number of benzene rings is 1. The van der Waals surface area contributed by atoms with Crippen molar-refractivity contribution in [2.45, 2.75) is 19.9 Å². The second-order valence-corrected chi connectivity index (χ2v) is 6.10. The number of hydrogen-bond donors (Lipinski definition) is 1. The molecule has 0 fully saturated rings. The van der Waals surface area contributed by atoms with Gasteiger partial charge in [0.2, 0.25) is 0 Å². The lowest BCUT2D eigenvalue weighted by Gasteiger charge is -2.16. The van der Waals surface area contributed by atoms with Gasteiger partial charge in [-0.25, -0.2) is 0 Å². The minimum absolute atomic E-state index is 0.229. The highest BCUT2D eigenvalue weighted by Crippen LogP contribution is 2.34. The molecule has 108 valence electrons. The first kappa shape index (κ1) is 15.2. The Hall–Kier alpha value is -1.20. The van der Waals surface area contributed by atoms with E-state index in [2.05, 4.69) is 39.6 Å². The molecule has 0 bridgehead atoms. The van der Waals surface area contributed by atoms with E-state index in [0.717, 1.165) is 21.7 Å². The maximum absolute atomic E-state index is 5.59. The van der Waals surface area contributed by atoms with Gasteiger partial charge in [0.1, 0.15) is 0 Å². The average molecular weight is 356 g/mol. The second-order valence-electron chi connectivity index (χ2n) is 4.30. The normalized spacial score (nSPS) is 12.0. The van der Waals surface area contributed by atoms with Crippen molar-refractivity contribution in [2.24, 2.45) is 0 Å². The fourth-order valence-electron chi connectivity index (χ4n) is 1.96. The number of thiophene rings is 1. The third-order valence-electron chi connectivity index (χ3n) is 2.88. The van der Waals surface area contributed by atoms with E-state index in [-0.39, 0.29) is 6.04 Å². The molecule has 1 aromatic carbocycles. The molecule has 0 aliphatic heterocycles. The summed E-state index contributed by atoms with van der Waals surface area (Å²) in [7, 11) is 1.65. The van der Waals surface area contributed by atoms with Crippen molar-refractivity contribution >= 4 is 33.0 Å². The molecule has 2 aromatic rings. The van der Waals surface area contributed by atoms with Gasteiger partial charge in [-0.15, -0.1) is 11.3 Å². The first-order valence-corrected chi connectivity index (χ1v) is 8.13. The van der Waals surface area contributed by atoms with Gasteiger partial charge in [-0.2, -0.15) is 0 Å². The van der Waals surface area contributed by atoms with Crippen LogP contribution in [0.5, 0.6) is 11.5 Å². The molecule has 1 unspecified atom stereocenters. The van der Waals surface area contributed by atoms with Crippen LogP contribution in [0.3, 0.4) is 0 Å². The molecule has 1 N–H and O–H groups in total. The van der Waals surface area contributed by atoms with Gasteiger partial charge in [0.25, 0.3) is 0 Å². The van der Waals surface area contributed by atoms with Crippen molar-refractivity contribution in [1.82, 2.24) is 0 Å². The van der Waals surface area contributed by atoms with Crippen molar-refractivity contribution in [1.29, 1.82) is 0 Å². The first-order chi connectivity index (χ1) is 9.65. The zero-order chi connectivity index (χ0) is 14.5. The van der Waals surface area contributed by atoms with Gasteiger partial charge in [-0.05, 0) is 53.4 Å². The Morgan fingerprint density at radius 3 is 2.70 bits per heavy atom. The van der Waals surface area contributed by atoms with Crippen molar-refractivity contribution in [3.8, 4) is 11.5 Å². The Bertz CT molecular complexity index is 571. The van der Waals surface area contributed by atoms with E-state index in [0.29, 0.717) is 6.61 Å². The summed E-state index contributed by atoms with van der Waals surface area (Å²) in [5.41, 5.74) is 1.02. The van der Waals surface area contributed by atoms with Gasteiger partial charge in [0.05, 0.1) is 19.8 Å². The molecule has 0 aliphatic carbocycles. The highest BCUT2D eigenvalue weighted by molar-refractivity contribution is 9.10. The topological polar surface area (TPSA) is 30.5 Å². The molecule has 5 heteroatoms. The average Bonchev–Trinajstić information content (AvgIpc) is 2.86. The van der Waals surface area contributed by atoms with E-state index in [9.17, 15) is 0 Å². The largest absolute Gasteiger partial charge is 0.493 e. The Morgan fingerprint density at radius 1 is 1.30 bits per heavy atom. The highest BCUT2D eigenvalue weighted by Gasteiger charge is 2.12. The molecule has 0 saturated heterocycles. The smallest absolute Gasteiger partial charge is 0.163 e. The number of methoxy groups -OCH3 is 1. The third kappa shape index (κ3) is 3.46. The van der Waals surface area contributed by atoms with Crippen LogP contribution in [-0.2, 0) is 0 Å². The molecule has 0 amide bonds. The number of hydrogen-bond acceptors (Lipinski definition) is 4. The van der Waals surface area contributed by atoms with Crippen molar-refractivity contribution in [3.05, 3.63) is 39.0 Å². The van der Waals surface area contributed by atoms with E-state index in [4.69, 9.17) is 9.47 Å². The zero-order valence-electron chi connectivity index (χ0n) is 11.8. The predicted octanol–water partition coefficient (Wildman–Crippen LogP) is 5.09. The molecule has 0 aliphatic rings. The SMILES string of the molecule is CCOc1cc(NC(C)c2sccc2Br)ccc1OC. The molecule has 1 aromatic heterocycles. The lowest BCUT2D eigenvalue weighted by atomic mass is 10.2. The molecular formula is C15H18BrNO2S. The van der Waals surface area contributed by atoms with Crippen LogP contribution in [0.1, 0.15) is 24.8 Å². The summed E-state index contributed by atoms with van der Waals surface area (Å²) in [6.07, 6.45) is 0. The Kier molecular flexibility index (Phi) is 5.31. The van der Waals surface area contributed by atoms with Crippen LogP contribution >= 0.6 is 27.3 Å². The zero-order valence-corrected chi connectivity index (χ0v) is 14.2. The van der Waals surface area contributed by atoms with Crippen LogP contribution in [0, 0.1) is 0 Å². The molecule has 2 rings (SSSR count). The summed E-state index contributed by atoms with van der Waals surface area (Å²) in [4.78, 5) is 1.28. The number of nitrogens with one attached hydrogen (secondary N) is 1. The molecule has 0 saturated carbocycles. The predicted molar refractivity (Wildman–Crippen MR) is 88.2 cm³/mol. The monoisotopic (exact) mass is 355 g/mol. The van der Waals surface area contributed by atoms with Crippen molar-refractivity contribution < 1.29 is 9.47 Å². The second kappa shape index (κ2) is 6.99. The van der Waals surface area contributed by atoms with Crippen LogP contribution in [0.2, 0.25) is 0 Å². The quantitative estimate of drug-likeness (QED) is 0.782. The van der Waals surface area contributed by atoms with E-state index >= 15 is 0 Å². The Labute approximate surface area is 132 Å². The molecule has 3 nitrogen and oxygen atoms in total. The lowest BCUT2D eigenvalue weighted by molar-refractivity contribution is 0.311. The molecule has 1 heterocycles. The maximum atomic E-state index is 5.59. The third-order valence-corrected chi connectivity index (χ3v) is 4.94. The van der Waals surface area contributed by atoms with Gasteiger partial charge in [-0.1, -0.05) is 0 Å². The number of halogens is 1.